The summed E-state index contributed by atoms with van der Waals surface area (Å²) in [6.07, 6.45) is 4.23. The van der Waals surface area contributed by atoms with E-state index in [1.165, 1.54) is 0 Å². The van der Waals surface area contributed by atoms with Crippen molar-refractivity contribution in [3.05, 3.63) is 70.7 Å². The number of imidazole rings is 1. The lowest BCUT2D eigenvalue weighted by molar-refractivity contribution is 0.0932. The van der Waals surface area contributed by atoms with Gasteiger partial charge in [-0.05, 0) is 56.4 Å². The van der Waals surface area contributed by atoms with Crippen molar-refractivity contribution < 1.29 is 14.0 Å². The molecule has 1 aromatic carbocycles. The van der Waals surface area contributed by atoms with E-state index in [2.05, 4.69) is 15.6 Å². The third kappa shape index (κ3) is 3.81. The number of aromatic nitrogens is 2. The van der Waals surface area contributed by atoms with E-state index < -0.39 is 0 Å². The van der Waals surface area contributed by atoms with Crippen molar-refractivity contribution in [3.8, 4) is 0 Å². The molecule has 0 radical (unpaired) electrons. The first-order valence-electron chi connectivity index (χ1n) is 9.82. The number of hydrogen-bond acceptors (Lipinski definition) is 4. The Labute approximate surface area is 169 Å². The Bertz CT molecular complexity index is 1030. The summed E-state index contributed by atoms with van der Waals surface area (Å²) in [6.45, 7) is 4.87. The van der Waals surface area contributed by atoms with E-state index >= 15 is 0 Å². The summed E-state index contributed by atoms with van der Waals surface area (Å²) in [4.78, 5) is 30.2. The van der Waals surface area contributed by atoms with Gasteiger partial charge in [-0.15, -0.1) is 0 Å². The van der Waals surface area contributed by atoms with Gasteiger partial charge >= 0.3 is 0 Å². The predicted octanol–water partition coefficient (Wildman–Crippen LogP) is 3.61. The molecular weight excluding hydrogens is 368 g/mol. The summed E-state index contributed by atoms with van der Waals surface area (Å²) in [7, 11) is 0. The lowest BCUT2D eigenvalue weighted by atomic mass is 10.1. The Morgan fingerprint density at radius 2 is 1.90 bits per heavy atom. The summed E-state index contributed by atoms with van der Waals surface area (Å²) < 4.78 is 7.13. The number of carbonyl (C=O) groups is 2. The highest BCUT2D eigenvalue weighted by Gasteiger charge is 2.28. The molecule has 0 spiro atoms. The highest BCUT2D eigenvalue weighted by atomic mass is 16.3. The van der Waals surface area contributed by atoms with Crippen LogP contribution in [0.4, 0.5) is 5.69 Å². The standard InChI is InChI=1S/C22H24N4O3/c1-14-7-5-8-15(2)18(14)25-21(27)19-17-10-3-4-11-26(17)20(24-19)22(28)23-13-16-9-6-12-29-16/h5-9,12H,3-4,10-11,13H2,1-2H3,(H,23,28)(H,25,27). The van der Waals surface area contributed by atoms with Gasteiger partial charge in [-0.3, -0.25) is 9.59 Å². The second-order valence-corrected chi connectivity index (χ2v) is 7.32. The Kier molecular flexibility index (Phi) is 5.20. The van der Waals surface area contributed by atoms with E-state index in [0.717, 1.165) is 41.8 Å². The van der Waals surface area contributed by atoms with E-state index in [4.69, 9.17) is 4.42 Å². The first kappa shape index (κ1) is 19.0. The summed E-state index contributed by atoms with van der Waals surface area (Å²) >= 11 is 0. The van der Waals surface area contributed by atoms with Gasteiger partial charge in [0, 0.05) is 12.2 Å². The maximum atomic E-state index is 13.0. The van der Waals surface area contributed by atoms with Gasteiger partial charge < -0.3 is 19.6 Å². The number of nitrogens with one attached hydrogen (secondary N) is 2. The van der Waals surface area contributed by atoms with Crippen LogP contribution in [0.15, 0.2) is 41.0 Å². The van der Waals surface area contributed by atoms with Crippen LogP contribution in [0.3, 0.4) is 0 Å². The normalized spacial score (nSPS) is 13.0. The van der Waals surface area contributed by atoms with Crippen LogP contribution in [0.25, 0.3) is 0 Å². The molecule has 0 bridgehead atoms. The van der Waals surface area contributed by atoms with Crippen molar-refractivity contribution in [1.29, 1.82) is 0 Å². The monoisotopic (exact) mass is 392 g/mol. The SMILES string of the molecule is Cc1cccc(C)c1NC(=O)c1nc(C(=O)NCc2ccco2)n2c1CCCC2. The number of nitrogens with zero attached hydrogens (tertiary/aromatic N) is 2. The van der Waals surface area contributed by atoms with Gasteiger partial charge in [0.25, 0.3) is 11.8 Å². The van der Waals surface area contributed by atoms with Crippen LogP contribution in [0.1, 0.15) is 56.5 Å². The molecule has 150 valence electrons. The van der Waals surface area contributed by atoms with Gasteiger partial charge in [0.05, 0.1) is 18.5 Å². The number of anilines is 1. The van der Waals surface area contributed by atoms with Gasteiger partial charge in [0.2, 0.25) is 0 Å². The van der Waals surface area contributed by atoms with Crippen molar-refractivity contribution in [2.45, 2.75) is 46.2 Å². The molecular formula is C22H24N4O3. The lowest BCUT2D eigenvalue weighted by Crippen LogP contribution is -2.27. The number of aryl methyl sites for hydroxylation is 2. The second-order valence-electron chi connectivity index (χ2n) is 7.32. The molecule has 1 aliphatic rings. The van der Waals surface area contributed by atoms with Crippen LogP contribution >= 0.6 is 0 Å². The molecule has 7 nitrogen and oxygen atoms in total. The molecule has 3 aromatic rings. The van der Waals surface area contributed by atoms with Crippen molar-refractivity contribution in [1.82, 2.24) is 14.9 Å². The van der Waals surface area contributed by atoms with Gasteiger partial charge in [-0.25, -0.2) is 4.98 Å². The molecule has 0 atom stereocenters. The number of hydrogen-bond donors (Lipinski definition) is 2. The Hall–Kier alpha value is -3.35. The van der Waals surface area contributed by atoms with Gasteiger partial charge in [-0.1, -0.05) is 18.2 Å². The number of fused-ring (bicyclic) bond motifs is 1. The lowest BCUT2D eigenvalue weighted by Gasteiger charge is -2.17. The molecule has 0 unspecified atom stereocenters. The van der Waals surface area contributed by atoms with E-state index in [1.54, 1.807) is 18.4 Å². The number of benzene rings is 1. The molecule has 4 rings (SSSR count). The van der Waals surface area contributed by atoms with Gasteiger partial charge in [0.1, 0.15) is 5.76 Å². The van der Waals surface area contributed by atoms with E-state index in [9.17, 15) is 9.59 Å². The Balaban J connectivity index is 1.60. The highest BCUT2D eigenvalue weighted by Crippen LogP contribution is 2.24. The van der Waals surface area contributed by atoms with Crippen LogP contribution in [0.2, 0.25) is 0 Å². The maximum Gasteiger partial charge on any atom is 0.287 e. The zero-order chi connectivity index (χ0) is 20.4. The highest BCUT2D eigenvalue weighted by molar-refractivity contribution is 6.05. The predicted molar refractivity (Wildman–Crippen MR) is 109 cm³/mol. The van der Waals surface area contributed by atoms with Crippen molar-refractivity contribution in [2.75, 3.05) is 5.32 Å². The van der Waals surface area contributed by atoms with Crippen LogP contribution < -0.4 is 10.6 Å². The van der Waals surface area contributed by atoms with E-state index in [0.29, 0.717) is 18.0 Å². The number of para-hydroxylation sites is 1. The molecule has 2 aromatic heterocycles. The Morgan fingerprint density at radius 3 is 2.62 bits per heavy atom. The smallest absolute Gasteiger partial charge is 0.287 e. The zero-order valence-electron chi connectivity index (χ0n) is 16.6. The van der Waals surface area contributed by atoms with Crippen LogP contribution in [0, 0.1) is 13.8 Å². The summed E-state index contributed by atoms with van der Waals surface area (Å²) in [5, 5.41) is 5.81. The summed E-state index contributed by atoms with van der Waals surface area (Å²) in [5.74, 6) is 0.350. The first-order chi connectivity index (χ1) is 14.0. The molecule has 29 heavy (non-hydrogen) atoms. The average Bonchev–Trinajstić information content (AvgIpc) is 3.37. The van der Waals surface area contributed by atoms with Crippen molar-refractivity contribution >= 4 is 17.5 Å². The van der Waals surface area contributed by atoms with Crippen LogP contribution in [-0.4, -0.2) is 21.4 Å². The van der Waals surface area contributed by atoms with Gasteiger partial charge in [0.15, 0.2) is 11.5 Å². The fraction of sp³-hybridized carbons (Fsp3) is 0.318. The van der Waals surface area contributed by atoms with Crippen molar-refractivity contribution in [3.63, 3.8) is 0 Å². The molecule has 0 saturated carbocycles. The number of rotatable bonds is 5. The topological polar surface area (TPSA) is 89.2 Å². The molecule has 7 heteroatoms. The minimum atomic E-state index is -0.310. The van der Waals surface area contributed by atoms with E-state index in [-0.39, 0.29) is 24.2 Å². The van der Waals surface area contributed by atoms with Gasteiger partial charge in [-0.2, -0.15) is 0 Å². The molecule has 0 saturated heterocycles. The molecule has 3 heterocycles. The quantitative estimate of drug-likeness (QED) is 0.694. The average molecular weight is 392 g/mol. The number of furan rings is 1. The molecule has 1 aliphatic heterocycles. The second kappa shape index (κ2) is 7.95. The fourth-order valence-corrected chi connectivity index (χ4v) is 3.74. The summed E-state index contributed by atoms with van der Waals surface area (Å²) in [6, 6.07) is 9.44. The van der Waals surface area contributed by atoms with Crippen molar-refractivity contribution in [2.24, 2.45) is 0 Å². The van der Waals surface area contributed by atoms with Crippen LogP contribution in [0.5, 0.6) is 0 Å². The number of carbonyl (C=O) groups excluding carboxylic acids is 2. The molecule has 2 amide bonds. The number of amides is 2. The largest absolute Gasteiger partial charge is 0.467 e. The third-order valence-corrected chi connectivity index (χ3v) is 5.26. The molecule has 2 N–H and O–H groups in total. The fourth-order valence-electron chi connectivity index (χ4n) is 3.74. The molecule has 0 fully saturated rings. The minimum absolute atomic E-state index is 0.276. The Morgan fingerprint density at radius 1 is 1.10 bits per heavy atom. The summed E-state index contributed by atoms with van der Waals surface area (Å²) in [5.41, 5.74) is 3.92. The first-order valence-corrected chi connectivity index (χ1v) is 9.82. The van der Waals surface area contributed by atoms with E-state index in [1.807, 2.05) is 36.6 Å². The third-order valence-electron chi connectivity index (χ3n) is 5.26. The zero-order valence-corrected chi connectivity index (χ0v) is 16.6. The minimum Gasteiger partial charge on any atom is -0.467 e. The molecule has 0 aliphatic carbocycles. The maximum absolute atomic E-state index is 13.0. The van der Waals surface area contributed by atoms with Crippen LogP contribution in [-0.2, 0) is 19.5 Å².